The third-order valence-electron chi connectivity index (χ3n) is 4.32. The normalized spacial score (nSPS) is 11.0. The molecule has 0 unspecified atom stereocenters. The van der Waals surface area contributed by atoms with Gasteiger partial charge in [-0.05, 0) is 23.0 Å². The van der Waals surface area contributed by atoms with Crippen LogP contribution in [-0.4, -0.2) is 16.4 Å². The van der Waals surface area contributed by atoms with Crippen molar-refractivity contribution in [2.24, 2.45) is 11.8 Å². The molecule has 2 aromatic rings. The lowest BCUT2D eigenvalue weighted by Gasteiger charge is -2.43. The fourth-order valence-corrected chi connectivity index (χ4v) is 3.59. The number of hydrogen-bond donors (Lipinski definition) is 2. The minimum Gasteiger partial charge on any atom is -0.450 e. The van der Waals surface area contributed by atoms with Gasteiger partial charge in [-0.1, -0.05) is 88.4 Å². The van der Waals surface area contributed by atoms with Crippen molar-refractivity contribution in [2.75, 3.05) is 0 Å². The average molecular weight is 314 g/mol. The fraction of sp³-hybridized carbons (Fsp3) is 0.350. The maximum atomic E-state index is 8.56. The van der Waals surface area contributed by atoms with E-state index in [0.29, 0.717) is 11.8 Å². The Hall–Kier alpha value is -2.29. The van der Waals surface area contributed by atoms with Crippen LogP contribution in [-0.2, 0) is 5.41 Å². The van der Waals surface area contributed by atoms with E-state index in [4.69, 9.17) is 15.0 Å². The number of carboxylic acid groups (broad SMARTS) is 2. The molecule has 2 aromatic carbocycles. The van der Waals surface area contributed by atoms with Crippen molar-refractivity contribution in [3.8, 4) is 0 Å². The Morgan fingerprint density at radius 2 is 1.00 bits per heavy atom. The summed E-state index contributed by atoms with van der Waals surface area (Å²) < 4.78 is 0. The Bertz CT molecular complexity index is 535. The van der Waals surface area contributed by atoms with Crippen LogP contribution in [0.15, 0.2) is 60.7 Å². The van der Waals surface area contributed by atoms with E-state index in [-0.39, 0.29) is 5.41 Å². The maximum Gasteiger partial charge on any atom is 0.503 e. The second-order valence-electron chi connectivity index (χ2n) is 6.19. The summed E-state index contributed by atoms with van der Waals surface area (Å²) >= 11 is 0. The molecule has 0 atom stereocenters. The first kappa shape index (κ1) is 18.8. The first-order valence-electron chi connectivity index (χ1n) is 7.86. The second-order valence-corrected chi connectivity index (χ2v) is 6.19. The van der Waals surface area contributed by atoms with Crippen molar-refractivity contribution in [2.45, 2.75) is 33.1 Å². The quantitative estimate of drug-likeness (QED) is 0.782. The Kier molecular flexibility index (Phi) is 6.83. The summed E-state index contributed by atoms with van der Waals surface area (Å²) in [7, 11) is 0. The monoisotopic (exact) mass is 314 g/mol. The van der Waals surface area contributed by atoms with Crippen LogP contribution in [0.4, 0.5) is 4.79 Å². The van der Waals surface area contributed by atoms with Crippen molar-refractivity contribution >= 4 is 6.16 Å². The van der Waals surface area contributed by atoms with Gasteiger partial charge in [-0.2, -0.15) is 0 Å². The molecule has 0 aliphatic heterocycles. The van der Waals surface area contributed by atoms with Crippen LogP contribution in [0, 0.1) is 11.8 Å². The molecule has 0 bridgehead atoms. The van der Waals surface area contributed by atoms with E-state index in [9.17, 15) is 0 Å². The molecule has 0 aromatic heterocycles. The molecular formula is C20H26O3. The summed E-state index contributed by atoms with van der Waals surface area (Å²) in [5.74, 6) is 1.11. The summed E-state index contributed by atoms with van der Waals surface area (Å²) in [6.45, 7) is 9.33. The van der Waals surface area contributed by atoms with E-state index in [1.54, 1.807) is 0 Å². The van der Waals surface area contributed by atoms with E-state index >= 15 is 0 Å². The lowest BCUT2D eigenvalue weighted by Crippen LogP contribution is -2.39. The van der Waals surface area contributed by atoms with E-state index < -0.39 is 6.16 Å². The van der Waals surface area contributed by atoms with Gasteiger partial charge >= 0.3 is 6.16 Å². The van der Waals surface area contributed by atoms with Gasteiger partial charge in [0.15, 0.2) is 0 Å². The van der Waals surface area contributed by atoms with E-state index in [1.807, 2.05) is 0 Å². The molecule has 0 spiro atoms. The summed E-state index contributed by atoms with van der Waals surface area (Å²) in [6, 6.07) is 21.9. The molecule has 0 fully saturated rings. The Labute approximate surface area is 138 Å². The van der Waals surface area contributed by atoms with Crippen LogP contribution >= 0.6 is 0 Å². The predicted molar refractivity (Wildman–Crippen MR) is 94.0 cm³/mol. The van der Waals surface area contributed by atoms with E-state index in [0.717, 1.165) is 0 Å². The number of benzene rings is 2. The minimum atomic E-state index is -1.83. The van der Waals surface area contributed by atoms with Crippen molar-refractivity contribution in [1.29, 1.82) is 0 Å². The number of carbonyl (C=O) groups is 1. The minimum absolute atomic E-state index is 0.0858. The topological polar surface area (TPSA) is 57.5 Å². The van der Waals surface area contributed by atoms with E-state index in [2.05, 4.69) is 88.4 Å². The molecule has 124 valence electrons. The van der Waals surface area contributed by atoms with Gasteiger partial charge in [0.05, 0.1) is 0 Å². The zero-order chi connectivity index (χ0) is 17.5. The van der Waals surface area contributed by atoms with Gasteiger partial charge in [0.2, 0.25) is 0 Å². The molecule has 3 nitrogen and oxygen atoms in total. The maximum absolute atomic E-state index is 8.56. The molecule has 0 aliphatic carbocycles. The zero-order valence-corrected chi connectivity index (χ0v) is 14.2. The smallest absolute Gasteiger partial charge is 0.450 e. The highest BCUT2D eigenvalue weighted by atomic mass is 16.6. The van der Waals surface area contributed by atoms with Gasteiger partial charge in [-0.3, -0.25) is 0 Å². The van der Waals surface area contributed by atoms with Crippen molar-refractivity contribution in [3.63, 3.8) is 0 Å². The van der Waals surface area contributed by atoms with Crippen LogP contribution in [0.1, 0.15) is 38.8 Å². The van der Waals surface area contributed by atoms with Gasteiger partial charge in [-0.15, -0.1) is 0 Å². The van der Waals surface area contributed by atoms with Crippen LogP contribution in [0.25, 0.3) is 0 Å². The number of rotatable bonds is 4. The van der Waals surface area contributed by atoms with Crippen LogP contribution < -0.4 is 0 Å². The van der Waals surface area contributed by atoms with Crippen LogP contribution in [0.5, 0.6) is 0 Å². The molecule has 0 saturated heterocycles. The molecule has 0 heterocycles. The molecule has 0 saturated carbocycles. The summed E-state index contributed by atoms with van der Waals surface area (Å²) in [5.41, 5.74) is 2.93. The van der Waals surface area contributed by atoms with Crippen LogP contribution in [0.2, 0.25) is 0 Å². The Morgan fingerprint density at radius 3 is 1.22 bits per heavy atom. The average Bonchev–Trinajstić information content (AvgIpc) is 2.49. The van der Waals surface area contributed by atoms with Crippen LogP contribution in [0.3, 0.4) is 0 Å². The SMILES string of the molecule is CC(C)C(c1ccccc1)(c1ccccc1)C(C)C.O=C(O)O. The molecule has 0 radical (unpaired) electrons. The largest absolute Gasteiger partial charge is 0.503 e. The molecule has 3 heteroatoms. The second kappa shape index (κ2) is 8.37. The van der Waals surface area contributed by atoms with Gasteiger partial charge in [-0.25, -0.2) is 4.79 Å². The number of hydrogen-bond acceptors (Lipinski definition) is 1. The zero-order valence-electron chi connectivity index (χ0n) is 14.2. The van der Waals surface area contributed by atoms with E-state index in [1.165, 1.54) is 11.1 Å². The van der Waals surface area contributed by atoms with Crippen molar-refractivity contribution < 1.29 is 15.0 Å². The van der Waals surface area contributed by atoms with Crippen molar-refractivity contribution in [1.82, 2.24) is 0 Å². The molecule has 2 N–H and O–H groups in total. The first-order chi connectivity index (χ1) is 10.8. The third kappa shape index (κ3) is 4.35. The standard InChI is InChI=1S/C19H24.CH2O3/c1-15(2)19(16(3)4,17-11-7-5-8-12-17)18-13-9-6-10-14-18;2-1(3)4/h5-16H,1-4H3;(H2,2,3,4). The summed E-state index contributed by atoms with van der Waals surface area (Å²) in [4.78, 5) is 8.56. The highest BCUT2D eigenvalue weighted by Gasteiger charge is 2.40. The Balaban J connectivity index is 0.000000593. The van der Waals surface area contributed by atoms with Gasteiger partial charge in [0, 0.05) is 5.41 Å². The summed E-state index contributed by atoms with van der Waals surface area (Å²) in [6.07, 6.45) is -1.83. The molecule has 2 rings (SSSR count). The molecule has 23 heavy (non-hydrogen) atoms. The lowest BCUT2D eigenvalue weighted by atomic mass is 9.61. The molecule has 0 aliphatic rings. The highest BCUT2D eigenvalue weighted by molar-refractivity contribution is 5.53. The Morgan fingerprint density at radius 1 is 0.739 bits per heavy atom. The highest BCUT2D eigenvalue weighted by Crippen LogP contribution is 2.45. The predicted octanol–water partition coefficient (Wildman–Crippen LogP) is 5.51. The van der Waals surface area contributed by atoms with Gasteiger partial charge in [0.25, 0.3) is 0 Å². The third-order valence-corrected chi connectivity index (χ3v) is 4.32. The van der Waals surface area contributed by atoms with Gasteiger partial charge in [0.1, 0.15) is 0 Å². The fourth-order valence-electron chi connectivity index (χ4n) is 3.59. The molecular weight excluding hydrogens is 288 g/mol. The van der Waals surface area contributed by atoms with Gasteiger partial charge < -0.3 is 10.2 Å². The lowest BCUT2D eigenvalue weighted by molar-refractivity contribution is 0.137. The summed E-state index contributed by atoms with van der Waals surface area (Å²) in [5, 5.41) is 13.9. The van der Waals surface area contributed by atoms with Crippen molar-refractivity contribution in [3.05, 3.63) is 71.8 Å². The first-order valence-corrected chi connectivity index (χ1v) is 7.86. The molecule has 0 amide bonds.